The second-order valence-electron chi connectivity index (χ2n) is 10.8. The van der Waals surface area contributed by atoms with E-state index in [0.29, 0.717) is 5.82 Å². The molecular formula is C24H36BN3O4. The predicted octanol–water partition coefficient (Wildman–Crippen LogP) is 4.60. The molecule has 1 aromatic carbocycles. The summed E-state index contributed by atoms with van der Waals surface area (Å²) in [7, 11) is -0.394. The summed E-state index contributed by atoms with van der Waals surface area (Å²) in [5.74, 6) is 0.822. The van der Waals surface area contributed by atoms with Crippen LogP contribution in [0.25, 0.3) is 11.3 Å². The molecule has 0 aliphatic carbocycles. The van der Waals surface area contributed by atoms with Crippen molar-refractivity contribution in [3.8, 4) is 11.3 Å². The number of nitrogens with one attached hydrogen (secondary N) is 2. The van der Waals surface area contributed by atoms with Crippen LogP contribution in [0.1, 0.15) is 74.2 Å². The standard InChI is InChI=1S/C24H36BN3O4/c1-15(2)19(28-21(29)30-22(3,4)5)20-26-14-18(27-20)16-10-12-17(13-11-16)25-31-23(6,7)24(8,9)32-25/h10-15,19H,1-9H3,(H,26,27)(H,28,29). The lowest BCUT2D eigenvalue weighted by Crippen LogP contribution is -2.41. The van der Waals surface area contributed by atoms with Crippen molar-refractivity contribution in [3.63, 3.8) is 0 Å². The Morgan fingerprint density at radius 1 is 1.09 bits per heavy atom. The lowest BCUT2D eigenvalue weighted by Gasteiger charge is -2.32. The number of rotatable bonds is 5. The third-order valence-electron chi connectivity index (χ3n) is 5.98. The zero-order chi connectivity index (χ0) is 23.9. The quantitative estimate of drug-likeness (QED) is 0.663. The summed E-state index contributed by atoms with van der Waals surface area (Å²) < 4.78 is 17.7. The first-order valence-electron chi connectivity index (χ1n) is 11.2. The minimum Gasteiger partial charge on any atom is -0.444 e. The van der Waals surface area contributed by atoms with E-state index in [2.05, 4.69) is 15.3 Å². The van der Waals surface area contributed by atoms with Gasteiger partial charge in [0, 0.05) is 0 Å². The first kappa shape index (κ1) is 24.3. The topological polar surface area (TPSA) is 85.5 Å². The van der Waals surface area contributed by atoms with Gasteiger partial charge in [0.05, 0.1) is 29.1 Å². The van der Waals surface area contributed by atoms with Gasteiger partial charge in [-0.3, -0.25) is 0 Å². The summed E-state index contributed by atoms with van der Waals surface area (Å²) in [6.45, 7) is 17.8. The maximum absolute atomic E-state index is 12.3. The molecule has 1 aliphatic rings. The van der Waals surface area contributed by atoms with E-state index in [1.165, 1.54) is 0 Å². The van der Waals surface area contributed by atoms with Crippen molar-refractivity contribution in [1.29, 1.82) is 0 Å². The number of alkyl carbamates (subject to hydrolysis) is 1. The second-order valence-corrected chi connectivity index (χ2v) is 10.8. The van der Waals surface area contributed by atoms with Crippen LogP contribution in [-0.4, -0.2) is 40.0 Å². The van der Waals surface area contributed by atoms with Crippen molar-refractivity contribution >= 4 is 18.7 Å². The van der Waals surface area contributed by atoms with Crippen LogP contribution in [0.4, 0.5) is 4.79 Å². The van der Waals surface area contributed by atoms with E-state index in [-0.39, 0.29) is 23.2 Å². The Labute approximate surface area is 191 Å². The molecule has 1 fully saturated rings. The normalized spacial score (nSPS) is 18.6. The van der Waals surface area contributed by atoms with Gasteiger partial charge in [0.25, 0.3) is 0 Å². The highest BCUT2D eigenvalue weighted by Gasteiger charge is 2.51. The number of H-pyrrole nitrogens is 1. The molecule has 0 saturated carbocycles. The highest BCUT2D eigenvalue weighted by molar-refractivity contribution is 6.62. The molecule has 1 aliphatic heterocycles. The summed E-state index contributed by atoms with van der Waals surface area (Å²) in [4.78, 5) is 20.2. The Morgan fingerprint density at radius 3 is 2.16 bits per heavy atom. The van der Waals surface area contributed by atoms with Crippen LogP contribution in [0.15, 0.2) is 30.5 Å². The van der Waals surface area contributed by atoms with Gasteiger partial charge in [-0.05, 0) is 65.4 Å². The van der Waals surface area contributed by atoms with Crippen molar-refractivity contribution in [2.75, 3.05) is 0 Å². The van der Waals surface area contributed by atoms with E-state index in [1.54, 1.807) is 6.20 Å². The fourth-order valence-corrected chi connectivity index (χ4v) is 3.43. The molecule has 0 bridgehead atoms. The van der Waals surface area contributed by atoms with Crippen molar-refractivity contribution in [3.05, 3.63) is 36.3 Å². The maximum Gasteiger partial charge on any atom is 0.494 e. The molecule has 1 unspecified atom stereocenters. The fraction of sp³-hybridized carbons (Fsp3) is 0.583. The summed E-state index contributed by atoms with van der Waals surface area (Å²) in [6, 6.07) is 7.77. The first-order chi connectivity index (χ1) is 14.7. The SMILES string of the molecule is CC(C)C(NC(=O)OC(C)(C)C)c1ncc(-c2ccc(B3OC(C)(C)C(C)(C)O3)cc2)[nH]1. The molecule has 2 aromatic rings. The number of hydrogen-bond donors (Lipinski definition) is 2. The molecule has 32 heavy (non-hydrogen) atoms. The van der Waals surface area contributed by atoms with Gasteiger partial charge in [0.1, 0.15) is 11.4 Å². The Hall–Kier alpha value is -2.32. The minimum absolute atomic E-state index is 0.132. The molecule has 1 saturated heterocycles. The lowest BCUT2D eigenvalue weighted by molar-refractivity contribution is 0.00578. The summed E-state index contributed by atoms with van der Waals surface area (Å²) >= 11 is 0. The molecule has 1 aromatic heterocycles. The third kappa shape index (κ3) is 5.35. The Bertz CT molecular complexity index is 929. The van der Waals surface area contributed by atoms with Gasteiger partial charge in [-0.15, -0.1) is 0 Å². The second kappa shape index (κ2) is 8.56. The first-order valence-corrected chi connectivity index (χ1v) is 11.2. The van der Waals surface area contributed by atoms with Crippen LogP contribution >= 0.6 is 0 Å². The average Bonchev–Trinajstić information content (AvgIpc) is 3.21. The molecule has 174 valence electrons. The molecule has 2 N–H and O–H groups in total. The number of hydrogen-bond acceptors (Lipinski definition) is 5. The molecule has 1 amide bonds. The average molecular weight is 441 g/mol. The largest absolute Gasteiger partial charge is 0.494 e. The Balaban J connectivity index is 1.74. The van der Waals surface area contributed by atoms with Crippen molar-refractivity contribution in [2.24, 2.45) is 5.92 Å². The molecule has 0 radical (unpaired) electrons. The molecule has 2 heterocycles. The van der Waals surface area contributed by atoms with Gasteiger partial charge in [-0.2, -0.15) is 0 Å². The van der Waals surface area contributed by atoms with Crippen LogP contribution in [0.5, 0.6) is 0 Å². The number of imidazole rings is 1. The van der Waals surface area contributed by atoms with Crippen LogP contribution in [0, 0.1) is 5.92 Å². The van der Waals surface area contributed by atoms with E-state index in [4.69, 9.17) is 14.0 Å². The molecule has 3 rings (SSSR count). The van der Waals surface area contributed by atoms with E-state index in [1.807, 2.05) is 86.6 Å². The zero-order valence-electron chi connectivity index (χ0n) is 20.7. The van der Waals surface area contributed by atoms with Gasteiger partial charge in [0.15, 0.2) is 0 Å². The van der Waals surface area contributed by atoms with E-state index in [9.17, 15) is 4.79 Å². The number of carbonyl (C=O) groups excluding carboxylic acids is 1. The highest BCUT2D eigenvalue weighted by Crippen LogP contribution is 2.36. The van der Waals surface area contributed by atoms with Crippen LogP contribution < -0.4 is 10.8 Å². The Morgan fingerprint density at radius 2 is 1.66 bits per heavy atom. The maximum atomic E-state index is 12.3. The molecule has 8 heteroatoms. The molecular weight excluding hydrogens is 405 g/mol. The highest BCUT2D eigenvalue weighted by atomic mass is 16.7. The smallest absolute Gasteiger partial charge is 0.444 e. The molecule has 0 spiro atoms. The lowest BCUT2D eigenvalue weighted by atomic mass is 9.79. The molecule has 1 atom stereocenters. The van der Waals surface area contributed by atoms with Gasteiger partial charge in [0.2, 0.25) is 0 Å². The van der Waals surface area contributed by atoms with Crippen LogP contribution in [0.2, 0.25) is 0 Å². The van der Waals surface area contributed by atoms with Crippen LogP contribution in [0.3, 0.4) is 0 Å². The van der Waals surface area contributed by atoms with E-state index < -0.39 is 18.8 Å². The van der Waals surface area contributed by atoms with E-state index in [0.717, 1.165) is 16.7 Å². The summed E-state index contributed by atoms with van der Waals surface area (Å²) in [5.41, 5.74) is 1.53. The van der Waals surface area contributed by atoms with Gasteiger partial charge < -0.3 is 24.3 Å². The van der Waals surface area contributed by atoms with Crippen molar-refractivity contribution in [2.45, 2.75) is 85.2 Å². The number of aromatic nitrogens is 2. The fourth-order valence-electron chi connectivity index (χ4n) is 3.43. The van der Waals surface area contributed by atoms with Gasteiger partial charge in [-0.25, -0.2) is 9.78 Å². The van der Waals surface area contributed by atoms with Crippen LogP contribution in [-0.2, 0) is 14.0 Å². The minimum atomic E-state index is -0.557. The van der Waals surface area contributed by atoms with Gasteiger partial charge in [-0.1, -0.05) is 38.1 Å². The third-order valence-corrected chi connectivity index (χ3v) is 5.98. The number of nitrogens with zero attached hydrogens (tertiary/aromatic N) is 1. The number of carbonyl (C=O) groups is 1. The summed E-state index contributed by atoms with van der Waals surface area (Å²) in [6.07, 6.45) is 1.33. The number of ether oxygens (including phenoxy) is 1. The molecule has 7 nitrogen and oxygen atoms in total. The summed E-state index contributed by atoms with van der Waals surface area (Å²) in [5, 5.41) is 2.93. The van der Waals surface area contributed by atoms with Crippen molar-refractivity contribution < 1.29 is 18.8 Å². The zero-order valence-corrected chi connectivity index (χ0v) is 20.7. The number of aromatic amines is 1. The van der Waals surface area contributed by atoms with Gasteiger partial charge >= 0.3 is 13.2 Å². The number of benzene rings is 1. The van der Waals surface area contributed by atoms with E-state index >= 15 is 0 Å². The Kier molecular flexibility index (Phi) is 6.51. The number of amides is 1. The van der Waals surface area contributed by atoms with Crippen molar-refractivity contribution in [1.82, 2.24) is 15.3 Å². The monoisotopic (exact) mass is 441 g/mol. The predicted molar refractivity (Wildman–Crippen MR) is 127 cm³/mol.